The predicted octanol–water partition coefficient (Wildman–Crippen LogP) is 10.3. The van der Waals surface area contributed by atoms with Crippen molar-refractivity contribution in [2.24, 2.45) is 0 Å². The number of nitrogens with zero attached hydrogens (tertiary/aromatic N) is 4. The van der Waals surface area contributed by atoms with Crippen LogP contribution in [0.1, 0.15) is 25.0 Å². The van der Waals surface area contributed by atoms with Gasteiger partial charge in [0, 0.05) is 51.0 Å². The van der Waals surface area contributed by atoms with Crippen molar-refractivity contribution < 1.29 is 0 Å². The molecule has 0 aliphatic heterocycles. The highest BCUT2D eigenvalue weighted by molar-refractivity contribution is 6.08. The number of pyridine rings is 1. The molecule has 5 aromatic carbocycles. The number of hydrogen-bond donors (Lipinski definition) is 0. The highest BCUT2D eigenvalue weighted by Crippen LogP contribution is 2.51. The van der Waals surface area contributed by atoms with E-state index in [1.165, 1.54) is 27.6 Å². The summed E-state index contributed by atoms with van der Waals surface area (Å²) in [5.74, 6) is 0.744. The second-order valence-electron chi connectivity index (χ2n) is 12.5. The molecule has 0 unspecified atom stereocenters. The van der Waals surface area contributed by atoms with E-state index in [9.17, 15) is 0 Å². The molecule has 0 saturated carbocycles. The van der Waals surface area contributed by atoms with Crippen molar-refractivity contribution in [2.75, 3.05) is 0 Å². The van der Waals surface area contributed by atoms with E-state index in [1.54, 1.807) is 0 Å². The smallest absolute Gasteiger partial charge is 0.160 e. The molecule has 0 amide bonds. The normalized spacial score (nSPS) is 13.2. The number of aromatic nitrogens is 4. The van der Waals surface area contributed by atoms with Gasteiger partial charge in [0.25, 0.3) is 0 Å². The van der Waals surface area contributed by atoms with E-state index in [0.29, 0.717) is 0 Å². The van der Waals surface area contributed by atoms with E-state index in [1.807, 2.05) is 18.5 Å². The van der Waals surface area contributed by atoms with Crippen LogP contribution < -0.4 is 0 Å². The highest BCUT2D eigenvalue weighted by atomic mass is 15.0. The Kier molecular flexibility index (Phi) is 5.81. The van der Waals surface area contributed by atoms with Crippen molar-refractivity contribution in [3.8, 4) is 50.7 Å². The van der Waals surface area contributed by atoms with Crippen LogP contribution in [0.5, 0.6) is 0 Å². The van der Waals surface area contributed by atoms with E-state index in [4.69, 9.17) is 9.97 Å². The average molecular weight is 591 g/mol. The molecule has 3 heterocycles. The van der Waals surface area contributed by atoms with Crippen LogP contribution in [0.15, 0.2) is 146 Å². The van der Waals surface area contributed by atoms with Gasteiger partial charge in [0.1, 0.15) is 0 Å². The monoisotopic (exact) mass is 590 g/mol. The Morgan fingerprint density at radius 3 is 2.02 bits per heavy atom. The molecule has 0 saturated heterocycles. The second kappa shape index (κ2) is 10.1. The SMILES string of the molecule is CC1(C)c2ccccc2-c2cccc(-c3nc(-c4ccccc4)cc(-c4ccc(-n5c6ccccc6c6cnccc65)cc4)n3)c21. The molecule has 218 valence electrons. The van der Waals surface area contributed by atoms with E-state index in [2.05, 4.69) is 151 Å². The third kappa shape index (κ3) is 3.97. The lowest BCUT2D eigenvalue weighted by Gasteiger charge is -2.24. The van der Waals surface area contributed by atoms with Crippen LogP contribution in [0.25, 0.3) is 72.5 Å². The van der Waals surface area contributed by atoms with Gasteiger partial charge >= 0.3 is 0 Å². The van der Waals surface area contributed by atoms with Gasteiger partial charge in [-0.05, 0) is 52.6 Å². The van der Waals surface area contributed by atoms with E-state index in [-0.39, 0.29) is 5.41 Å². The lowest BCUT2D eigenvalue weighted by atomic mass is 9.80. The minimum atomic E-state index is -0.172. The first-order valence-corrected chi connectivity index (χ1v) is 15.7. The van der Waals surface area contributed by atoms with Gasteiger partial charge < -0.3 is 4.57 Å². The fourth-order valence-corrected chi connectivity index (χ4v) is 7.38. The first kappa shape index (κ1) is 26.5. The number of benzene rings is 5. The molecule has 4 nitrogen and oxygen atoms in total. The maximum absolute atomic E-state index is 5.27. The van der Waals surface area contributed by atoms with Gasteiger partial charge in [-0.1, -0.05) is 117 Å². The topological polar surface area (TPSA) is 43.6 Å². The van der Waals surface area contributed by atoms with E-state index >= 15 is 0 Å². The molecule has 4 heteroatoms. The highest BCUT2D eigenvalue weighted by Gasteiger charge is 2.37. The Morgan fingerprint density at radius 2 is 1.20 bits per heavy atom. The maximum Gasteiger partial charge on any atom is 0.160 e. The Labute approximate surface area is 267 Å². The molecular weight excluding hydrogens is 560 g/mol. The molecule has 0 N–H and O–H groups in total. The van der Waals surface area contributed by atoms with Crippen LogP contribution >= 0.6 is 0 Å². The fourth-order valence-electron chi connectivity index (χ4n) is 7.38. The number of fused-ring (bicyclic) bond motifs is 6. The summed E-state index contributed by atoms with van der Waals surface area (Å²) in [4.78, 5) is 14.9. The summed E-state index contributed by atoms with van der Waals surface area (Å²) in [6, 6.07) is 47.1. The molecule has 0 fully saturated rings. The van der Waals surface area contributed by atoms with Gasteiger partial charge in [0.15, 0.2) is 5.82 Å². The molecule has 0 bridgehead atoms. The minimum Gasteiger partial charge on any atom is -0.309 e. The van der Waals surface area contributed by atoms with E-state index < -0.39 is 0 Å². The minimum absolute atomic E-state index is 0.172. The molecule has 0 atom stereocenters. The van der Waals surface area contributed by atoms with Gasteiger partial charge in [-0.2, -0.15) is 0 Å². The zero-order chi connectivity index (χ0) is 30.8. The van der Waals surface area contributed by atoms with Crippen LogP contribution in [0.2, 0.25) is 0 Å². The summed E-state index contributed by atoms with van der Waals surface area (Å²) in [5, 5.41) is 2.35. The zero-order valence-corrected chi connectivity index (χ0v) is 25.6. The number of para-hydroxylation sites is 1. The number of hydrogen-bond acceptors (Lipinski definition) is 3. The fraction of sp³-hybridized carbons (Fsp3) is 0.0714. The Bertz CT molecular complexity index is 2380. The van der Waals surface area contributed by atoms with Gasteiger partial charge in [-0.25, -0.2) is 9.97 Å². The van der Waals surface area contributed by atoms with Gasteiger partial charge in [0.05, 0.1) is 22.4 Å². The molecule has 0 radical (unpaired) electrons. The first-order chi connectivity index (χ1) is 22.6. The summed E-state index contributed by atoms with van der Waals surface area (Å²) < 4.78 is 2.31. The Hall–Kier alpha value is -5.87. The van der Waals surface area contributed by atoms with Crippen molar-refractivity contribution in [3.05, 3.63) is 157 Å². The van der Waals surface area contributed by atoms with Crippen molar-refractivity contribution >= 4 is 21.8 Å². The number of rotatable bonds is 4. The lowest BCUT2D eigenvalue weighted by molar-refractivity contribution is 0.661. The van der Waals surface area contributed by atoms with Crippen molar-refractivity contribution in [2.45, 2.75) is 19.3 Å². The van der Waals surface area contributed by atoms with Crippen LogP contribution in [-0.2, 0) is 5.41 Å². The molecule has 1 aliphatic rings. The van der Waals surface area contributed by atoms with Crippen LogP contribution in [0, 0.1) is 0 Å². The molecule has 46 heavy (non-hydrogen) atoms. The van der Waals surface area contributed by atoms with Gasteiger partial charge in [0.2, 0.25) is 0 Å². The van der Waals surface area contributed by atoms with Crippen LogP contribution in [0.4, 0.5) is 0 Å². The third-order valence-corrected chi connectivity index (χ3v) is 9.51. The summed E-state index contributed by atoms with van der Waals surface area (Å²) in [5.41, 5.74) is 13.4. The zero-order valence-electron chi connectivity index (χ0n) is 25.6. The summed E-state index contributed by atoms with van der Waals surface area (Å²) in [7, 11) is 0. The maximum atomic E-state index is 5.27. The van der Waals surface area contributed by atoms with Crippen molar-refractivity contribution in [3.63, 3.8) is 0 Å². The third-order valence-electron chi connectivity index (χ3n) is 9.51. The average Bonchev–Trinajstić information content (AvgIpc) is 3.57. The predicted molar refractivity (Wildman–Crippen MR) is 188 cm³/mol. The molecule has 3 aromatic heterocycles. The standard InChI is InChI=1S/C42H30N4/c1-42(2)35-17-8-6-13-30(35)32-15-10-16-33(40(32)42)41-44-36(27-11-4-3-5-12-27)25-37(45-41)28-19-21-29(22-20-28)46-38-18-9-7-14-31(38)34-26-43-24-23-39(34)46/h3-26H,1-2H3. The van der Waals surface area contributed by atoms with Crippen molar-refractivity contribution in [1.29, 1.82) is 0 Å². The van der Waals surface area contributed by atoms with Crippen molar-refractivity contribution in [1.82, 2.24) is 19.5 Å². The van der Waals surface area contributed by atoms with Gasteiger partial charge in [-0.3, -0.25) is 4.98 Å². The Morgan fingerprint density at radius 1 is 0.543 bits per heavy atom. The molecular formula is C42H30N4. The lowest BCUT2D eigenvalue weighted by Crippen LogP contribution is -2.16. The summed E-state index contributed by atoms with van der Waals surface area (Å²) in [6.07, 6.45) is 3.82. The molecule has 8 aromatic rings. The largest absolute Gasteiger partial charge is 0.309 e. The van der Waals surface area contributed by atoms with Crippen LogP contribution in [-0.4, -0.2) is 19.5 Å². The molecule has 0 spiro atoms. The summed E-state index contributed by atoms with van der Waals surface area (Å²) >= 11 is 0. The van der Waals surface area contributed by atoms with Crippen LogP contribution in [0.3, 0.4) is 0 Å². The quantitative estimate of drug-likeness (QED) is 0.205. The second-order valence-corrected chi connectivity index (χ2v) is 12.5. The molecule has 1 aliphatic carbocycles. The van der Waals surface area contributed by atoms with E-state index in [0.717, 1.165) is 56.0 Å². The van der Waals surface area contributed by atoms with Gasteiger partial charge in [-0.15, -0.1) is 0 Å². The first-order valence-electron chi connectivity index (χ1n) is 15.7. The molecule has 9 rings (SSSR count). The Balaban J connectivity index is 1.21. The summed E-state index contributed by atoms with van der Waals surface area (Å²) in [6.45, 7) is 4.62.